The van der Waals surface area contributed by atoms with Gasteiger partial charge in [-0.05, 0) is 21.0 Å². The molecule has 0 aromatic rings. The van der Waals surface area contributed by atoms with Crippen LogP contribution in [0, 0.1) is 5.41 Å². The number of ether oxygens (including phenoxy) is 1. The summed E-state index contributed by atoms with van der Waals surface area (Å²) in [5.74, 6) is -0.0122. The number of rotatable bonds is 4. The van der Waals surface area contributed by atoms with Gasteiger partial charge in [-0.3, -0.25) is 4.79 Å². The molecule has 1 saturated heterocycles. The smallest absolute Gasteiger partial charge is 0.312 e. The minimum Gasteiger partial charge on any atom is -0.464 e. The molecule has 0 spiro atoms. The monoisotopic (exact) mass is 229 g/mol. The van der Waals surface area contributed by atoms with Crippen LogP contribution in [0.15, 0.2) is 0 Å². The fraction of sp³-hybridized carbons (Fsp3) is 0.917. The van der Waals surface area contributed by atoms with Crippen molar-refractivity contribution in [3.05, 3.63) is 0 Å². The van der Waals surface area contributed by atoms with Crippen molar-refractivity contribution in [2.24, 2.45) is 5.41 Å². The van der Waals surface area contributed by atoms with E-state index in [1.807, 2.05) is 25.9 Å². The topological polar surface area (TPSA) is 34.0 Å². The molecule has 1 N–H and O–H groups in total. The number of piperidine rings is 1. The lowest BCUT2D eigenvalue weighted by Gasteiger charge is -2.33. The van der Waals surface area contributed by atoms with Gasteiger partial charge in [0.2, 0.25) is 0 Å². The van der Waals surface area contributed by atoms with Crippen LogP contribution in [0.25, 0.3) is 0 Å². The number of carbonyl (C=O) groups is 1. The highest BCUT2D eigenvalue weighted by atomic mass is 16.5. The highest BCUT2D eigenvalue weighted by Crippen LogP contribution is 2.27. The molecule has 1 fully saturated rings. The zero-order valence-electron chi connectivity index (χ0n) is 11.0. The van der Waals surface area contributed by atoms with Crippen molar-refractivity contribution in [2.45, 2.75) is 19.8 Å². The second kappa shape index (κ2) is 5.64. The van der Waals surface area contributed by atoms with Crippen LogP contribution in [0.5, 0.6) is 0 Å². The number of esters is 1. The molecule has 0 radical (unpaired) electrons. The van der Waals surface area contributed by atoms with Crippen LogP contribution in [0.3, 0.4) is 0 Å². The predicted octanol–water partition coefficient (Wildman–Crippen LogP) is -0.594. The first kappa shape index (κ1) is 13.5. The van der Waals surface area contributed by atoms with Gasteiger partial charge >= 0.3 is 5.97 Å². The second-order valence-electron chi connectivity index (χ2n) is 5.46. The fourth-order valence-electron chi connectivity index (χ4n) is 1.93. The van der Waals surface area contributed by atoms with Gasteiger partial charge in [-0.1, -0.05) is 0 Å². The number of nitrogens with one attached hydrogen (secondary N) is 1. The summed E-state index contributed by atoms with van der Waals surface area (Å²) in [6, 6.07) is 0. The number of hydrogen-bond acceptors (Lipinski definition) is 3. The normalized spacial score (nSPS) is 30.4. The molecular weight excluding hydrogens is 204 g/mol. The van der Waals surface area contributed by atoms with E-state index in [-0.39, 0.29) is 11.4 Å². The van der Waals surface area contributed by atoms with Gasteiger partial charge in [0.15, 0.2) is 0 Å². The van der Waals surface area contributed by atoms with Gasteiger partial charge in [-0.2, -0.15) is 0 Å². The van der Waals surface area contributed by atoms with E-state index in [0.29, 0.717) is 6.61 Å². The van der Waals surface area contributed by atoms with Crippen LogP contribution in [0.4, 0.5) is 0 Å². The summed E-state index contributed by atoms with van der Waals surface area (Å²) in [5.41, 5.74) is -0.244. The first-order valence-electron chi connectivity index (χ1n) is 6.07. The summed E-state index contributed by atoms with van der Waals surface area (Å²) in [7, 11) is 6.14. The largest absolute Gasteiger partial charge is 0.464 e. The summed E-state index contributed by atoms with van der Waals surface area (Å²) in [6.07, 6.45) is 1.89. The minimum atomic E-state index is -0.244. The van der Waals surface area contributed by atoms with Crippen LogP contribution >= 0.6 is 0 Å². The Morgan fingerprint density at radius 1 is 1.38 bits per heavy atom. The van der Waals surface area contributed by atoms with Crippen molar-refractivity contribution in [2.75, 3.05) is 47.4 Å². The molecular formula is C12H25N2O2+. The number of likely N-dealkylation sites (N-methyl/N-ethyl adjacent to an activating group) is 1. The minimum absolute atomic E-state index is 0.0122. The van der Waals surface area contributed by atoms with Crippen LogP contribution in [0.1, 0.15) is 19.8 Å². The Morgan fingerprint density at radius 2 is 1.94 bits per heavy atom. The maximum Gasteiger partial charge on any atom is 0.312 e. The molecule has 0 aromatic heterocycles. The second-order valence-corrected chi connectivity index (χ2v) is 5.46. The number of quaternary nitrogens is 1. The van der Waals surface area contributed by atoms with E-state index in [4.69, 9.17) is 4.74 Å². The van der Waals surface area contributed by atoms with E-state index in [1.165, 1.54) is 4.90 Å². The summed E-state index contributed by atoms with van der Waals surface area (Å²) >= 11 is 0. The molecule has 1 aliphatic heterocycles. The van der Waals surface area contributed by atoms with Crippen LogP contribution < -0.4 is 4.90 Å². The Hall–Kier alpha value is -0.610. The average Bonchev–Trinajstić information content (AvgIpc) is 2.22. The zero-order chi connectivity index (χ0) is 12.2. The summed E-state index contributed by atoms with van der Waals surface area (Å²) in [5, 5.41) is 0. The highest BCUT2D eigenvalue weighted by Gasteiger charge is 2.39. The molecule has 1 heterocycles. The van der Waals surface area contributed by atoms with Crippen molar-refractivity contribution in [1.82, 2.24) is 4.90 Å². The maximum absolute atomic E-state index is 12.0. The van der Waals surface area contributed by atoms with E-state index in [0.717, 1.165) is 32.5 Å². The third-order valence-electron chi connectivity index (χ3n) is 3.47. The molecule has 16 heavy (non-hydrogen) atoms. The summed E-state index contributed by atoms with van der Waals surface area (Å²) in [4.78, 5) is 15.5. The molecule has 0 bridgehead atoms. The SMILES string of the molecule is CN(C)CCOC(=O)C1(C)CC[NH+](C)CC1. The van der Waals surface area contributed by atoms with Crippen LogP contribution in [0.2, 0.25) is 0 Å². The van der Waals surface area contributed by atoms with Crippen molar-refractivity contribution in [3.63, 3.8) is 0 Å². The van der Waals surface area contributed by atoms with Gasteiger partial charge in [0.1, 0.15) is 6.61 Å². The third-order valence-corrected chi connectivity index (χ3v) is 3.47. The van der Waals surface area contributed by atoms with E-state index in [2.05, 4.69) is 7.05 Å². The summed E-state index contributed by atoms with van der Waals surface area (Å²) < 4.78 is 5.34. The van der Waals surface area contributed by atoms with Gasteiger partial charge in [0, 0.05) is 19.4 Å². The third kappa shape index (κ3) is 3.76. The molecule has 0 amide bonds. The van der Waals surface area contributed by atoms with E-state index in [1.54, 1.807) is 0 Å². The lowest BCUT2D eigenvalue weighted by molar-refractivity contribution is -0.886. The lowest BCUT2D eigenvalue weighted by Crippen LogP contribution is -3.10. The van der Waals surface area contributed by atoms with Gasteiger partial charge in [-0.25, -0.2) is 0 Å². The number of nitrogens with zero attached hydrogens (tertiary/aromatic N) is 1. The molecule has 0 saturated carbocycles. The van der Waals surface area contributed by atoms with Crippen molar-refractivity contribution < 1.29 is 14.4 Å². The molecule has 94 valence electrons. The Labute approximate surface area is 98.5 Å². The average molecular weight is 229 g/mol. The first-order valence-corrected chi connectivity index (χ1v) is 6.07. The predicted molar refractivity (Wildman–Crippen MR) is 63.5 cm³/mol. The Bertz CT molecular complexity index is 233. The van der Waals surface area contributed by atoms with Crippen molar-refractivity contribution in [1.29, 1.82) is 0 Å². The van der Waals surface area contributed by atoms with Gasteiger partial charge in [0.25, 0.3) is 0 Å². The maximum atomic E-state index is 12.0. The van der Waals surface area contributed by atoms with E-state index >= 15 is 0 Å². The Morgan fingerprint density at radius 3 is 2.44 bits per heavy atom. The van der Waals surface area contributed by atoms with Gasteiger partial charge in [0.05, 0.1) is 25.6 Å². The molecule has 4 nitrogen and oxygen atoms in total. The number of hydrogen-bond donors (Lipinski definition) is 1. The quantitative estimate of drug-likeness (QED) is 0.654. The summed E-state index contributed by atoms with van der Waals surface area (Å²) in [6.45, 7) is 5.48. The fourth-order valence-corrected chi connectivity index (χ4v) is 1.93. The van der Waals surface area contributed by atoms with Gasteiger partial charge < -0.3 is 14.5 Å². The highest BCUT2D eigenvalue weighted by molar-refractivity contribution is 5.76. The van der Waals surface area contributed by atoms with E-state index in [9.17, 15) is 4.79 Å². The van der Waals surface area contributed by atoms with Gasteiger partial charge in [-0.15, -0.1) is 0 Å². The standard InChI is InChI=1S/C12H24N2O2/c1-12(5-7-14(4)8-6-12)11(15)16-10-9-13(2)3/h5-10H2,1-4H3/p+1. The molecule has 0 unspecified atom stereocenters. The molecule has 1 aliphatic rings. The molecule has 4 heteroatoms. The van der Waals surface area contributed by atoms with Crippen LogP contribution in [-0.4, -0.2) is 58.3 Å². The van der Waals surface area contributed by atoms with Crippen LogP contribution in [-0.2, 0) is 9.53 Å². The molecule has 1 rings (SSSR count). The Kier molecular flexibility index (Phi) is 4.74. The molecule has 0 aliphatic carbocycles. The molecule has 0 atom stereocenters. The van der Waals surface area contributed by atoms with Crippen molar-refractivity contribution in [3.8, 4) is 0 Å². The number of likely N-dealkylation sites (tertiary alicyclic amines) is 1. The zero-order valence-corrected chi connectivity index (χ0v) is 11.0. The van der Waals surface area contributed by atoms with E-state index < -0.39 is 0 Å². The number of carbonyl (C=O) groups excluding carboxylic acids is 1. The Balaban J connectivity index is 2.35. The lowest BCUT2D eigenvalue weighted by atomic mass is 9.80. The molecule has 0 aromatic carbocycles. The van der Waals surface area contributed by atoms with Crippen molar-refractivity contribution >= 4 is 5.97 Å². The first-order chi connectivity index (χ1) is 7.44.